The SMILES string of the molecule is O=C(CCC(=O)N1CCN(C(=O)c2ccccc2F)CC1)c1cccs1. The van der Waals surface area contributed by atoms with Gasteiger partial charge >= 0.3 is 0 Å². The fourth-order valence-electron chi connectivity index (χ4n) is 2.90. The summed E-state index contributed by atoms with van der Waals surface area (Å²) in [6.45, 7) is 1.51. The van der Waals surface area contributed by atoms with Gasteiger partial charge in [-0.2, -0.15) is 0 Å². The van der Waals surface area contributed by atoms with Crippen molar-refractivity contribution >= 4 is 28.9 Å². The summed E-state index contributed by atoms with van der Waals surface area (Å²) in [7, 11) is 0. The lowest BCUT2D eigenvalue weighted by atomic mass is 10.1. The van der Waals surface area contributed by atoms with Crippen LogP contribution in [0.3, 0.4) is 0 Å². The van der Waals surface area contributed by atoms with E-state index in [4.69, 9.17) is 0 Å². The van der Waals surface area contributed by atoms with Crippen LogP contribution in [0.15, 0.2) is 41.8 Å². The van der Waals surface area contributed by atoms with Gasteiger partial charge in [0.15, 0.2) is 5.78 Å². The van der Waals surface area contributed by atoms with Crippen LogP contribution in [0.4, 0.5) is 4.39 Å². The van der Waals surface area contributed by atoms with Crippen molar-refractivity contribution in [3.63, 3.8) is 0 Å². The van der Waals surface area contributed by atoms with Crippen LogP contribution in [0.2, 0.25) is 0 Å². The van der Waals surface area contributed by atoms with E-state index >= 15 is 0 Å². The second-order valence-electron chi connectivity index (χ2n) is 6.05. The van der Waals surface area contributed by atoms with Gasteiger partial charge in [0.25, 0.3) is 5.91 Å². The third-order valence-corrected chi connectivity index (χ3v) is 5.30. The van der Waals surface area contributed by atoms with E-state index in [1.165, 1.54) is 23.5 Å². The Balaban J connectivity index is 1.49. The molecule has 3 rings (SSSR count). The van der Waals surface area contributed by atoms with Crippen molar-refractivity contribution in [1.29, 1.82) is 0 Å². The molecule has 1 aromatic heterocycles. The van der Waals surface area contributed by atoms with Crippen LogP contribution >= 0.6 is 11.3 Å². The Labute approximate surface area is 155 Å². The summed E-state index contributed by atoms with van der Waals surface area (Å²) in [4.78, 5) is 40.5. The molecule has 26 heavy (non-hydrogen) atoms. The van der Waals surface area contributed by atoms with Crippen molar-refractivity contribution in [3.8, 4) is 0 Å². The number of Topliss-reactive ketones (excluding diaryl/α,β-unsaturated/α-hetero) is 1. The molecule has 0 spiro atoms. The maximum Gasteiger partial charge on any atom is 0.256 e. The zero-order chi connectivity index (χ0) is 18.5. The summed E-state index contributed by atoms with van der Waals surface area (Å²) in [6, 6.07) is 9.46. The van der Waals surface area contributed by atoms with E-state index in [2.05, 4.69) is 0 Å². The smallest absolute Gasteiger partial charge is 0.256 e. The Morgan fingerprint density at radius 3 is 2.27 bits per heavy atom. The summed E-state index contributed by atoms with van der Waals surface area (Å²) in [5, 5.41) is 1.83. The Hall–Kier alpha value is -2.54. The summed E-state index contributed by atoms with van der Waals surface area (Å²) in [5.41, 5.74) is 0.0498. The number of halogens is 1. The van der Waals surface area contributed by atoms with Gasteiger partial charge in [-0.25, -0.2) is 4.39 Å². The maximum absolute atomic E-state index is 13.7. The van der Waals surface area contributed by atoms with Gasteiger partial charge in [0.2, 0.25) is 5.91 Å². The molecule has 1 fully saturated rings. The zero-order valence-electron chi connectivity index (χ0n) is 14.2. The van der Waals surface area contributed by atoms with Crippen LogP contribution in [-0.4, -0.2) is 53.6 Å². The lowest BCUT2D eigenvalue weighted by Gasteiger charge is -2.35. The van der Waals surface area contributed by atoms with E-state index in [-0.39, 0.29) is 36.0 Å². The zero-order valence-corrected chi connectivity index (χ0v) is 15.0. The number of hydrogen-bond acceptors (Lipinski definition) is 4. The first-order valence-corrected chi connectivity index (χ1v) is 9.32. The summed E-state index contributed by atoms with van der Waals surface area (Å²) >= 11 is 1.37. The van der Waals surface area contributed by atoms with Crippen LogP contribution in [-0.2, 0) is 4.79 Å². The van der Waals surface area contributed by atoms with Crippen molar-refractivity contribution in [2.24, 2.45) is 0 Å². The first-order chi connectivity index (χ1) is 12.6. The molecule has 0 atom stereocenters. The molecule has 1 saturated heterocycles. The minimum atomic E-state index is -0.539. The number of ketones is 1. The molecule has 1 aromatic carbocycles. The van der Waals surface area contributed by atoms with Gasteiger partial charge in [-0.15, -0.1) is 11.3 Å². The number of piperazine rings is 1. The number of amides is 2. The number of rotatable bonds is 5. The third kappa shape index (κ3) is 4.16. The summed E-state index contributed by atoms with van der Waals surface area (Å²) in [5.74, 6) is -1.01. The van der Waals surface area contributed by atoms with Gasteiger partial charge in [-0.05, 0) is 23.6 Å². The highest BCUT2D eigenvalue weighted by Gasteiger charge is 2.26. The molecule has 0 aliphatic carbocycles. The van der Waals surface area contributed by atoms with E-state index < -0.39 is 5.82 Å². The second kappa shape index (κ2) is 8.23. The topological polar surface area (TPSA) is 57.7 Å². The lowest BCUT2D eigenvalue weighted by Crippen LogP contribution is -2.50. The van der Waals surface area contributed by atoms with E-state index in [1.807, 2.05) is 11.4 Å². The van der Waals surface area contributed by atoms with Crippen molar-refractivity contribution in [1.82, 2.24) is 9.80 Å². The van der Waals surface area contributed by atoms with Gasteiger partial charge in [-0.3, -0.25) is 14.4 Å². The Kier molecular flexibility index (Phi) is 5.78. The third-order valence-electron chi connectivity index (χ3n) is 4.39. The summed E-state index contributed by atoms with van der Waals surface area (Å²) < 4.78 is 13.7. The molecule has 0 bridgehead atoms. The number of benzene rings is 1. The number of nitrogens with zero attached hydrogens (tertiary/aromatic N) is 2. The van der Waals surface area contributed by atoms with Crippen LogP contribution in [0.5, 0.6) is 0 Å². The molecule has 0 N–H and O–H groups in total. The molecule has 2 heterocycles. The highest BCUT2D eigenvalue weighted by Crippen LogP contribution is 2.15. The van der Waals surface area contributed by atoms with Crippen LogP contribution < -0.4 is 0 Å². The monoisotopic (exact) mass is 374 g/mol. The average molecular weight is 374 g/mol. The lowest BCUT2D eigenvalue weighted by molar-refractivity contribution is -0.132. The van der Waals surface area contributed by atoms with Crippen LogP contribution in [0, 0.1) is 5.82 Å². The number of thiophene rings is 1. The van der Waals surface area contributed by atoms with Crippen molar-refractivity contribution in [3.05, 3.63) is 58.0 Å². The number of carbonyl (C=O) groups excluding carboxylic acids is 3. The van der Waals surface area contributed by atoms with Crippen molar-refractivity contribution < 1.29 is 18.8 Å². The molecule has 0 unspecified atom stereocenters. The van der Waals surface area contributed by atoms with E-state index in [9.17, 15) is 18.8 Å². The summed E-state index contributed by atoms with van der Waals surface area (Å²) in [6.07, 6.45) is 0.353. The van der Waals surface area contributed by atoms with Crippen LogP contribution in [0.1, 0.15) is 32.9 Å². The highest BCUT2D eigenvalue weighted by atomic mass is 32.1. The molecule has 1 aliphatic rings. The molecule has 5 nitrogen and oxygen atoms in total. The standard InChI is InChI=1S/C19H19FN2O3S/c20-15-5-2-1-4-14(15)19(25)22-11-9-21(10-12-22)18(24)8-7-16(23)17-6-3-13-26-17/h1-6,13H,7-12H2. The molecule has 0 saturated carbocycles. The molecular weight excluding hydrogens is 355 g/mol. The van der Waals surface area contributed by atoms with Gasteiger partial charge < -0.3 is 9.80 Å². The first kappa shape index (κ1) is 18.3. The Bertz CT molecular complexity index is 799. The van der Waals surface area contributed by atoms with Crippen molar-refractivity contribution in [2.45, 2.75) is 12.8 Å². The fraction of sp³-hybridized carbons (Fsp3) is 0.316. The minimum absolute atomic E-state index is 0.0262. The maximum atomic E-state index is 13.7. The second-order valence-corrected chi connectivity index (χ2v) is 7.00. The predicted molar refractivity (Wildman–Crippen MR) is 96.8 cm³/mol. The van der Waals surface area contributed by atoms with Gasteiger partial charge in [0, 0.05) is 39.0 Å². The number of carbonyl (C=O) groups is 3. The highest BCUT2D eigenvalue weighted by molar-refractivity contribution is 7.12. The van der Waals surface area contributed by atoms with Gasteiger partial charge in [0.1, 0.15) is 5.82 Å². The predicted octanol–water partition coefficient (Wildman–Crippen LogP) is 2.83. The largest absolute Gasteiger partial charge is 0.339 e. The normalized spacial score (nSPS) is 14.3. The first-order valence-electron chi connectivity index (χ1n) is 8.44. The van der Waals surface area contributed by atoms with E-state index in [0.29, 0.717) is 31.1 Å². The van der Waals surface area contributed by atoms with E-state index in [1.54, 1.807) is 28.0 Å². The van der Waals surface area contributed by atoms with Crippen molar-refractivity contribution in [2.75, 3.05) is 26.2 Å². The Morgan fingerprint density at radius 2 is 1.62 bits per heavy atom. The average Bonchev–Trinajstić information content (AvgIpc) is 3.21. The molecule has 136 valence electrons. The van der Waals surface area contributed by atoms with Gasteiger partial charge in [-0.1, -0.05) is 18.2 Å². The molecule has 2 aromatic rings. The molecule has 0 radical (unpaired) electrons. The number of hydrogen-bond donors (Lipinski definition) is 0. The minimum Gasteiger partial charge on any atom is -0.339 e. The molecule has 2 amide bonds. The van der Waals surface area contributed by atoms with E-state index in [0.717, 1.165) is 0 Å². The van der Waals surface area contributed by atoms with Gasteiger partial charge in [0.05, 0.1) is 10.4 Å². The quantitative estimate of drug-likeness (QED) is 0.756. The fourth-order valence-corrected chi connectivity index (χ4v) is 3.60. The molecule has 1 aliphatic heterocycles. The molecule has 7 heteroatoms. The Morgan fingerprint density at radius 1 is 0.923 bits per heavy atom. The molecular formula is C19H19FN2O3S. The van der Waals surface area contributed by atoms with Crippen LogP contribution in [0.25, 0.3) is 0 Å².